The van der Waals surface area contributed by atoms with E-state index in [1.54, 1.807) is 0 Å². The molecule has 1 atom stereocenters. The van der Waals surface area contributed by atoms with E-state index < -0.39 is 0 Å². The maximum absolute atomic E-state index is 12.3. The second-order valence-electron chi connectivity index (χ2n) is 5.61. The first kappa shape index (κ1) is 14.3. The number of halogens is 1. The van der Waals surface area contributed by atoms with E-state index in [-0.39, 0.29) is 11.7 Å². The van der Waals surface area contributed by atoms with Crippen molar-refractivity contribution in [2.75, 3.05) is 13.1 Å². The number of aliphatic hydroxyl groups excluding tert-OH is 1. The average Bonchev–Trinajstić information content (AvgIpc) is 3.03. The fourth-order valence-corrected chi connectivity index (χ4v) is 4.29. The number of hydrogen-bond acceptors (Lipinski definition) is 5. The zero-order valence-corrected chi connectivity index (χ0v) is 14.1. The Labute approximate surface area is 138 Å². The first-order valence-corrected chi connectivity index (χ1v) is 8.72. The van der Waals surface area contributed by atoms with Crippen LogP contribution in [0, 0.1) is 0 Å². The number of aliphatic hydroxyl groups is 1. The van der Waals surface area contributed by atoms with Crippen molar-refractivity contribution in [2.24, 2.45) is 0 Å². The van der Waals surface area contributed by atoms with E-state index in [0.29, 0.717) is 23.6 Å². The van der Waals surface area contributed by atoms with E-state index in [0.717, 1.165) is 33.0 Å². The highest BCUT2D eigenvalue weighted by Gasteiger charge is 2.21. The van der Waals surface area contributed by atoms with Crippen molar-refractivity contribution < 1.29 is 5.11 Å². The number of hydrogen-bond donors (Lipinski definition) is 2. The summed E-state index contributed by atoms with van der Waals surface area (Å²) in [5.41, 5.74) is 0.678. The third-order valence-electron chi connectivity index (χ3n) is 3.96. The number of benzene rings is 1. The molecule has 7 heteroatoms. The van der Waals surface area contributed by atoms with Gasteiger partial charge in [0.15, 0.2) is 0 Å². The molecular weight excluding hydrogens is 366 g/mol. The van der Waals surface area contributed by atoms with Crippen LogP contribution in [-0.2, 0) is 6.54 Å². The minimum Gasteiger partial charge on any atom is -0.392 e. The van der Waals surface area contributed by atoms with Gasteiger partial charge in [0.25, 0.3) is 5.56 Å². The van der Waals surface area contributed by atoms with Gasteiger partial charge in [-0.2, -0.15) is 0 Å². The van der Waals surface area contributed by atoms with Crippen molar-refractivity contribution in [1.29, 1.82) is 0 Å². The van der Waals surface area contributed by atoms with E-state index in [1.165, 1.54) is 11.3 Å². The summed E-state index contributed by atoms with van der Waals surface area (Å²) in [6, 6.07) is 5.98. The van der Waals surface area contributed by atoms with Gasteiger partial charge in [0, 0.05) is 27.6 Å². The average molecular weight is 380 g/mol. The van der Waals surface area contributed by atoms with Crippen LogP contribution in [0.4, 0.5) is 0 Å². The Hall–Kier alpha value is -1.28. The van der Waals surface area contributed by atoms with E-state index in [9.17, 15) is 9.90 Å². The second-order valence-corrected chi connectivity index (χ2v) is 7.58. The standard InChI is InChI=1S/C15H14BrN3O2S/c16-8-1-2-11-10(5-8)13-14(22-11)15(21)18-12(17-13)7-19-4-3-9(20)6-19/h1-2,5,9,20H,3-4,6-7H2,(H,17,18,21)/t9-/m0/s1. The van der Waals surface area contributed by atoms with Gasteiger partial charge >= 0.3 is 0 Å². The number of β-amino-alcohol motifs (C(OH)–C–C–N with tert-alkyl or cyclic N) is 1. The summed E-state index contributed by atoms with van der Waals surface area (Å²) in [5.74, 6) is 0.659. The van der Waals surface area contributed by atoms with Gasteiger partial charge < -0.3 is 10.1 Å². The highest BCUT2D eigenvalue weighted by molar-refractivity contribution is 9.10. The number of H-pyrrole nitrogens is 1. The highest BCUT2D eigenvalue weighted by Crippen LogP contribution is 2.32. The number of nitrogens with zero attached hydrogens (tertiary/aromatic N) is 2. The van der Waals surface area contributed by atoms with Crippen LogP contribution >= 0.6 is 27.3 Å². The predicted molar refractivity (Wildman–Crippen MR) is 91.3 cm³/mol. The lowest BCUT2D eigenvalue weighted by atomic mass is 10.2. The molecule has 1 saturated heterocycles. The topological polar surface area (TPSA) is 69.2 Å². The Kier molecular flexibility index (Phi) is 3.53. The molecule has 22 heavy (non-hydrogen) atoms. The smallest absolute Gasteiger partial charge is 0.268 e. The molecule has 3 aromatic rings. The number of likely N-dealkylation sites (tertiary alicyclic amines) is 1. The molecule has 114 valence electrons. The van der Waals surface area contributed by atoms with Gasteiger partial charge in [-0.3, -0.25) is 9.69 Å². The molecule has 2 aromatic heterocycles. The highest BCUT2D eigenvalue weighted by atomic mass is 79.9. The van der Waals surface area contributed by atoms with Crippen LogP contribution in [0.5, 0.6) is 0 Å². The Bertz CT molecular complexity index is 920. The molecule has 3 heterocycles. The molecule has 0 bridgehead atoms. The fraction of sp³-hybridized carbons (Fsp3) is 0.333. The number of nitrogens with one attached hydrogen (secondary N) is 1. The largest absolute Gasteiger partial charge is 0.392 e. The monoisotopic (exact) mass is 379 g/mol. The molecule has 0 radical (unpaired) electrons. The summed E-state index contributed by atoms with van der Waals surface area (Å²) >= 11 is 4.94. The fourth-order valence-electron chi connectivity index (χ4n) is 2.91. The van der Waals surface area contributed by atoms with E-state index >= 15 is 0 Å². The SMILES string of the molecule is O=c1[nH]c(CN2CC[C@H](O)C2)nc2c1sc1ccc(Br)cc12. The minimum absolute atomic E-state index is 0.0860. The molecule has 0 aliphatic carbocycles. The van der Waals surface area contributed by atoms with E-state index in [2.05, 4.69) is 30.8 Å². The Morgan fingerprint density at radius 1 is 1.50 bits per heavy atom. The zero-order valence-electron chi connectivity index (χ0n) is 11.7. The summed E-state index contributed by atoms with van der Waals surface area (Å²) in [5, 5.41) is 10.6. The number of thiophene rings is 1. The zero-order chi connectivity index (χ0) is 15.3. The van der Waals surface area contributed by atoms with Crippen molar-refractivity contribution in [3.63, 3.8) is 0 Å². The summed E-state index contributed by atoms with van der Waals surface area (Å²) in [7, 11) is 0. The molecule has 4 rings (SSSR count). The van der Waals surface area contributed by atoms with Crippen LogP contribution in [0.1, 0.15) is 12.2 Å². The van der Waals surface area contributed by atoms with E-state index in [1.807, 2.05) is 18.2 Å². The lowest BCUT2D eigenvalue weighted by Gasteiger charge is -2.13. The number of aromatic amines is 1. The quantitative estimate of drug-likeness (QED) is 0.717. The van der Waals surface area contributed by atoms with Crippen molar-refractivity contribution in [3.8, 4) is 0 Å². The first-order chi connectivity index (χ1) is 10.6. The molecule has 0 spiro atoms. The van der Waals surface area contributed by atoms with Crippen LogP contribution in [-0.4, -0.2) is 39.2 Å². The molecule has 1 aromatic carbocycles. The Morgan fingerprint density at radius 3 is 3.14 bits per heavy atom. The molecule has 1 aliphatic heterocycles. The molecule has 5 nitrogen and oxygen atoms in total. The lowest BCUT2D eigenvalue weighted by Crippen LogP contribution is -2.24. The van der Waals surface area contributed by atoms with Crippen molar-refractivity contribution in [1.82, 2.24) is 14.9 Å². The summed E-state index contributed by atoms with van der Waals surface area (Å²) < 4.78 is 2.70. The van der Waals surface area contributed by atoms with Gasteiger partial charge in [-0.1, -0.05) is 15.9 Å². The second kappa shape index (κ2) is 5.42. The molecule has 2 N–H and O–H groups in total. The van der Waals surface area contributed by atoms with Gasteiger partial charge in [0.1, 0.15) is 10.5 Å². The molecule has 0 amide bonds. The van der Waals surface area contributed by atoms with Crippen molar-refractivity contribution >= 4 is 47.6 Å². The van der Waals surface area contributed by atoms with Crippen LogP contribution < -0.4 is 5.56 Å². The van der Waals surface area contributed by atoms with E-state index in [4.69, 9.17) is 0 Å². The van der Waals surface area contributed by atoms with Crippen LogP contribution in [0.2, 0.25) is 0 Å². The van der Waals surface area contributed by atoms with Gasteiger partial charge in [-0.25, -0.2) is 4.98 Å². The Balaban J connectivity index is 1.82. The molecular formula is C15H14BrN3O2S. The lowest BCUT2D eigenvalue weighted by molar-refractivity contribution is 0.174. The van der Waals surface area contributed by atoms with Crippen molar-refractivity contribution in [2.45, 2.75) is 19.1 Å². The maximum atomic E-state index is 12.3. The normalized spacial score (nSPS) is 19.5. The summed E-state index contributed by atoms with van der Waals surface area (Å²) in [6.45, 7) is 2.03. The van der Waals surface area contributed by atoms with Crippen LogP contribution in [0.25, 0.3) is 20.3 Å². The molecule has 1 aliphatic rings. The summed E-state index contributed by atoms with van der Waals surface area (Å²) in [6.07, 6.45) is 0.509. The van der Waals surface area contributed by atoms with Gasteiger partial charge in [-0.15, -0.1) is 11.3 Å². The van der Waals surface area contributed by atoms with Gasteiger partial charge in [-0.05, 0) is 24.6 Å². The van der Waals surface area contributed by atoms with Crippen LogP contribution in [0.3, 0.4) is 0 Å². The van der Waals surface area contributed by atoms with Gasteiger partial charge in [0.05, 0.1) is 18.2 Å². The molecule has 1 fully saturated rings. The number of aromatic nitrogens is 2. The van der Waals surface area contributed by atoms with Gasteiger partial charge in [0.2, 0.25) is 0 Å². The third kappa shape index (κ3) is 2.48. The predicted octanol–water partition coefficient (Wildman–Crippen LogP) is 2.47. The maximum Gasteiger partial charge on any atom is 0.268 e. The summed E-state index contributed by atoms with van der Waals surface area (Å²) in [4.78, 5) is 22.0. The Morgan fingerprint density at radius 2 is 2.36 bits per heavy atom. The minimum atomic E-state index is -0.270. The first-order valence-electron chi connectivity index (χ1n) is 7.11. The van der Waals surface area contributed by atoms with Crippen LogP contribution in [0.15, 0.2) is 27.5 Å². The number of fused-ring (bicyclic) bond motifs is 3. The third-order valence-corrected chi connectivity index (χ3v) is 5.61. The molecule has 0 unspecified atom stereocenters. The molecule has 0 saturated carbocycles. The van der Waals surface area contributed by atoms with Crippen molar-refractivity contribution in [3.05, 3.63) is 38.9 Å². The number of rotatable bonds is 2.